The average molecular weight is 460 g/mol. The molecule has 0 aromatic heterocycles. The van der Waals surface area contributed by atoms with Crippen LogP contribution < -0.4 is 5.32 Å². The maximum absolute atomic E-state index is 13.1. The van der Waals surface area contributed by atoms with Crippen molar-refractivity contribution < 1.29 is 29.3 Å². The molecule has 1 rings (SSSR count). The summed E-state index contributed by atoms with van der Waals surface area (Å²) in [6, 6.07) is -0.660. The summed E-state index contributed by atoms with van der Waals surface area (Å²) in [6.07, 6.45) is 10.5. The Bertz CT molecular complexity index is 862. The largest absolute Gasteiger partial charge is 0.458 e. The predicted molar refractivity (Wildman–Crippen MR) is 128 cm³/mol. The van der Waals surface area contributed by atoms with Crippen LogP contribution in [0.25, 0.3) is 0 Å². The first-order chi connectivity index (χ1) is 15.4. The van der Waals surface area contributed by atoms with E-state index in [1.165, 1.54) is 13.8 Å². The smallest absolute Gasteiger partial charge is 0.303 e. The van der Waals surface area contributed by atoms with Crippen molar-refractivity contribution in [3.05, 3.63) is 59.3 Å². The van der Waals surface area contributed by atoms with E-state index in [0.717, 1.165) is 11.1 Å². The maximum atomic E-state index is 13.1. The fourth-order valence-electron chi connectivity index (χ4n) is 3.20. The van der Waals surface area contributed by atoms with Crippen LogP contribution in [-0.2, 0) is 19.1 Å². The number of hydrogen-bond acceptors (Lipinski definition) is 6. The van der Waals surface area contributed by atoms with Gasteiger partial charge < -0.3 is 20.3 Å². The van der Waals surface area contributed by atoms with E-state index in [4.69, 9.17) is 4.74 Å². The molecule has 0 saturated heterocycles. The monoisotopic (exact) mass is 459 g/mol. The van der Waals surface area contributed by atoms with Crippen LogP contribution in [0.5, 0.6) is 0 Å². The number of rotatable bonds is 3. The molecule has 0 aliphatic heterocycles. The molecule has 3 N–H and O–H groups in total. The molecule has 33 heavy (non-hydrogen) atoms. The summed E-state index contributed by atoms with van der Waals surface area (Å²) in [4.78, 5) is 36.7. The van der Waals surface area contributed by atoms with Gasteiger partial charge in [0.25, 0.3) is 0 Å². The van der Waals surface area contributed by atoms with E-state index >= 15 is 0 Å². The molecule has 0 fully saturated rings. The first-order valence-electron chi connectivity index (χ1n) is 11.2. The van der Waals surface area contributed by atoms with E-state index in [1.807, 2.05) is 26.0 Å². The Morgan fingerprint density at radius 2 is 1.73 bits per heavy atom. The molecule has 0 heterocycles. The van der Waals surface area contributed by atoms with Crippen LogP contribution in [0.2, 0.25) is 0 Å². The van der Waals surface area contributed by atoms with Crippen LogP contribution in [-0.4, -0.2) is 52.2 Å². The zero-order valence-corrected chi connectivity index (χ0v) is 20.4. The van der Waals surface area contributed by atoms with Gasteiger partial charge >= 0.3 is 5.97 Å². The van der Waals surface area contributed by atoms with Crippen LogP contribution in [0.1, 0.15) is 54.4 Å². The van der Waals surface area contributed by atoms with Crippen molar-refractivity contribution in [2.45, 2.75) is 78.7 Å². The molecule has 0 aromatic carbocycles. The van der Waals surface area contributed by atoms with Crippen molar-refractivity contribution in [1.82, 2.24) is 5.32 Å². The third-order valence-electron chi connectivity index (χ3n) is 5.28. The topological polar surface area (TPSA) is 113 Å². The van der Waals surface area contributed by atoms with Gasteiger partial charge in [0.05, 0.1) is 12.1 Å². The molecule has 0 aromatic rings. The Hall–Kier alpha value is -2.77. The van der Waals surface area contributed by atoms with Crippen molar-refractivity contribution in [3.63, 3.8) is 0 Å². The number of esters is 1. The van der Waals surface area contributed by atoms with Crippen molar-refractivity contribution in [1.29, 1.82) is 0 Å². The summed E-state index contributed by atoms with van der Waals surface area (Å²) in [5.41, 5.74) is 2.14. The van der Waals surface area contributed by atoms with Crippen LogP contribution in [0.4, 0.5) is 0 Å². The van der Waals surface area contributed by atoms with E-state index in [-0.39, 0.29) is 5.78 Å². The van der Waals surface area contributed by atoms with Crippen LogP contribution >= 0.6 is 0 Å². The second kappa shape index (κ2) is 13.7. The minimum atomic E-state index is -1.22. The molecule has 1 aliphatic rings. The molecule has 0 saturated carbocycles. The highest BCUT2D eigenvalue weighted by Gasteiger charge is 2.26. The standard InChI is InChI=1S/C26H37NO6/c1-16-7-11-22(30)12-8-17(2)15-24(27-26(32)20(5)28)19(4)25(31)18(3)10-14-23(13-9-16)33-21(6)29/h7-10,12-13,15,19-20,22-24,28,30H,11,14H2,1-6H3,(H,27,32)/b12-8+,13-9+,16-7+,17-15+,18-10+/t19-,20-,22-,23+,24+/m0/s1. The molecule has 7 nitrogen and oxygen atoms in total. The fraction of sp³-hybridized carbons (Fsp3) is 0.500. The van der Waals surface area contributed by atoms with E-state index in [0.29, 0.717) is 18.4 Å². The zero-order chi connectivity index (χ0) is 25.1. The van der Waals surface area contributed by atoms with Gasteiger partial charge in [0.2, 0.25) is 5.91 Å². The molecule has 5 atom stereocenters. The van der Waals surface area contributed by atoms with Crippen molar-refractivity contribution in [2.24, 2.45) is 5.92 Å². The minimum Gasteiger partial charge on any atom is -0.458 e. The Labute approximate surface area is 196 Å². The normalized spacial score (nSPS) is 33.1. The molecule has 0 spiro atoms. The summed E-state index contributed by atoms with van der Waals surface area (Å²) >= 11 is 0. The Morgan fingerprint density at radius 1 is 1.09 bits per heavy atom. The number of aliphatic hydroxyl groups is 2. The lowest BCUT2D eigenvalue weighted by atomic mass is 9.90. The van der Waals surface area contributed by atoms with Crippen LogP contribution in [0.15, 0.2) is 59.3 Å². The Kier molecular flexibility index (Phi) is 11.7. The highest BCUT2D eigenvalue weighted by atomic mass is 16.5. The van der Waals surface area contributed by atoms with Gasteiger partial charge in [-0.2, -0.15) is 0 Å². The number of aliphatic hydroxyl groups excluding tert-OH is 2. The van der Waals surface area contributed by atoms with Gasteiger partial charge in [-0.15, -0.1) is 0 Å². The molecule has 182 valence electrons. The summed E-state index contributed by atoms with van der Waals surface area (Å²) < 4.78 is 5.35. The third kappa shape index (κ3) is 10.6. The molecule has 7 heteroatoms. The maximum Gasteiger partial charge on any atom is 0.303 e. The van der Waals surface area contributed by atoms with E-state index in [9.17, 15) is 24.6 Å². The number of hydrogen-bond donors (Lipinski definition) is 3. The Balaban J connectivity index is 3.38. The van der Waals surface area contributed by atoms with Crippen molar-refractivity contribution >= 4 is 17.7 Å². The van der Waals surface area contributed by atoms with Gasteiger partial charge in [-0.1, -0.05) is 54.5 Å². The van der Waals surface area contributed by atoms with Gasteiger partial charge in [-0.25, -0.2) is 0 Å². The highest BCUT2D eigenvalue weighted by molar-refractivity contribution is 5.97. The molecule has 0 unspecified atom stereocenters. The summed E-state index contributed by atoms with van der Waals surface area (Å²) in [6.45, 7) is 9.78. The van der Waals surface area contributed by atoms with E-state index < -0.39 is 42.1 Å². The third-order valence-corrected chi connectivity index (χ3v) is 5.28. The molecule has 1 aliphatic carbocycles. The first kappa shape index (κ1) is 28.3. The first-order valence-corrected chi connectivity index (χ1v) is 11.2. The lowest BCUT2D eigenvalue weighted by Gasteiger charge is -2.23. The van der Waals surface area contributed by atoms with Gasteiger partial charge in [0.15, 0.2) is 5.78 Å². The van der Waals surface area contributed by atoms with E-state index in [2.05, 4.69) is 5.32 Å². The number of ketones is 1. The van der Waals surface area contributed by atoms with Crippen molar-refractivity contribution in [2.75, 3.05) is 0 Å². The van der Waals surface area contributed by atoms with Crippen LogP contribution in [0, 0.1) is 5.92 Å². The molecule has 0 bridgehead atoms. The SMILES string of the molecule is CC(=O)O[C@@H]1/C=C/C(C)=C/C[C@H](O)/C=C/C(C)=C/[C@@H](NC(=O)[C@H](C)O)[C@H](C)C(=O)/C(C)=C/C1. The summed E-state index contributed by atoms with van der Waals surface area (Å²) in [7, 11) is 0. The quantitative estimate of drug-likeness (QED) is 0.559. The number of carbonyl (C=O) groups is 3. The minimum absolute atomic E-state index is 0.176. The molecular weight excluding hydrogens is 422 g/mol. The van der Waals surface area contributed by atoms with Gasteiger partial charge in [0, 0.05) is 19.3 Å². The molecule has 1 amide bonds. The molecule has 0 radical (unpaired) electrons. The lowest BCUT2D eigenvalue weighted by Crippen LogP contribution is -2.45. The second-order valence-electron chi connectivity index (χ2n) is 8.51. The Morgan fingerprint density at radius 3 is 2.33 bits per heavy atom. The lowest BCUT2D eigenvalue weighted by molar-refractivity contribution is -0.144. The number of amides is 1. The number of nitrogens with one attached hydrogen (secondary N) is 1. The van der Waals surface area contributed by atoms with Gasteiger partial charge in [0.1, 0.15) is 12.2 Å². The van der Waals surface area contributed by atoms with E-state index in [1.54, 1.807) is 44.2 Å². The zero-order valence-electron chi connectivity index (χ0n) is 20.4. The van der Waals surface area contributed by atoms with Crippen LogP contribution in [0.3, 0.4) is 0 Å². The molecular formula is C26H37NO6. The summed E-state index contributed by atoms with van der Waals surface area (Å²) in [5, 5.41) is 22.6. The average Bonchev–Trinajstić information content (AvgIpc) is 2.75. The fourth-order valence-corrected chi connectivity index (χ4v) is 3.20. The highest BCUT2D eigenvalue weighted by Crippen LogP contribution is 2.17. The van der Waals surface area contributed by atoms with Gasteiger partial charge in [-0.05, 0) is 45.8 Å². The number of allylic oxidation sites excluding steroid dienone is 5. The number of carbonyl (C=O) groups excluding carboxylic acids is 3. The van der Waals surface area contributed by atoms with Crippen molar-refractivity contribution in [3.8, 4) is 0 Å². The summed E-state index contributed by atoms with van der Waals surface area (Å²) in [5.74, 6) is -1.80. The second-order valence-corrected chi connectivity index (χ2v) is 8.51. The van der Waals surface area contributed by atoms with Gasteiger partial charge in [-0.3, -0.25) is 14.4 Å². The number of Topliss-reactive ketones (excluding diaryl/α,β-unsaturated/α-hetero) is 1. The predicted octanol–water partition coefficient (Wildman–Crippen LogP) is 3.09. The number of ether oxygens (including phenoxy) is 1.